The number of aryl methyl sites for hydroxylation is 3. The molecule has 0 fully saturated rings. The highest BCUT2D eigenvalue weighted by Crippen LogP contribution is 2.33. The number of hydrogen-bond acceptors (Lipinski definition) is 6. The van der Waals surface area contributed by atoms with Crippen LogP contribution in [-0.2, 0) is 6.42 Å². The molecular weight excluding hydrogens is 308 g/mol. The molecule has 0 spiro atoms. The van der Waals surface area contributed by atoms with Gasteiger partial charge in [-0.3, -0.25) is 0 Å². The summed E-state index contributed by atoms with van der Waals surface area (Å²) in [5.41, 5.74) is 4.55. The van der Waals surface area contributed by atoms with Crippen molar-refractivity contribution in [1.82, 2.24) is 14.9 Å². The largest absolute Gasteiger partial charge is 0.508 e. The van der Waals surface area contributed by atoms with E-state index in [-0.39, 0.29) is 5.75 Å². The fourth-order valence-corrected chi connectivity index (χ4v) is 2.77. The highest BCUT2D eigenvalue weighted by molar-refractivity contribution is 5.91. The fourth-order valence-electron chi connectivity index (χ4n) is 2.77. The summed E-state index contributed by atoms with van der Waals surface area (Å²) in [6.45, 7) is 5.66. The fraction of sp³-hybridized carbons (Fsp3) is 0.235. The van der Waals surface area contributed by atoms with Crippen LogP contribution < -0.4 is 0 Å². The van der Waals surface area contributed by atoms with Crippen molar-refractivity contribution in [2.45, 2.75) is 27.2 Å². The molecular formula is C17H18N4O3. The summed E-state index contributed by atoms with van der Waals surface area (Å²) in [5.74, 6) is 0.834. The van der Waals surface area contributed by atoms with Crippen molar-refractivity contribution >= 4 is 6.21 Å². The molecule has 0 bridgehead atoms. The SMILES string of the molecule is CCc1nn(-c2ccc(O)cc2)c(-c2c(C)noc2C)c1C=NO. The second-order valence-corrected chi connectivity index (χ2v) is 5.43. The molecule has 0 aliphatic heterocycles. The maximum absolute atomic E-state index is 9.53. The molecule has 7 heteroatoms. The lowest BCUT2D eigenvalue weighted by atomic mass is 10.0. The van der Waals surface area contributed by atoms with E-state index in [1.54, 1.807) is 28.9 Å². The predicted molar refractivity (Wildman–Crippen MR) is 89.0 cm³/mol. The van der Waals surface area contributed by atoms with Gasteiger partial charge in [0.05, 0.1) is 34.5 Å². The van der Waals surface area contributed by atoms with E-state index in [0.29, 0.717) is 17.7 Å². The summed E-state index contributed by atoms with van der Waals surface area (Å²) in [6, 6.07) is 6.73. The van der Waals surface area contributed by atoms with E-state index in [4.69, 9.17) is 9.73 Å². The van der Waals surface area contributed by atoms with E-state index >= 15 is 0 Å². The molecule has 2 heterocycles. The zero-order valence-corrected chi connectivity index (χ0v) is 13.7. The Morgan fingerprint density at radius 2 is 1.96 bits per heavy atom. The van der Waals surface area contributed by atoms with Crippen LogP contribution in [0.15, 0.2) is 33.9 Å². The van der Waals surface area contributed by atoms with Gasteiger partial charge < -0.3 is 14.8 Å². The third-order valence-electron chi connectivity index (χ3n) is 3.88. The summed E-state index contributed by atoms with van der Waals surface area (Å²) < 4.78 is 7.05. The molecule has 3 rings (SSSR count). The van der Waals surface area contributed by atoms with Crippen molar-refractivity contribution in [3.8, 4) is 22.7 Å². The van der Waals surface area contributed by atoms with Gasteiger partial charge in [0.15, 0.2) is 0 Å². The molecule has 0 atom stereocenters. The minimum Gasteiger partial charge on any atom is -0.508 e. The van der Waals surface area contributed by atoms with Crippen LogP contribution in [-0.4, -0.2) is 31.5 Å². The average molecular weight is 326 g/mol. The molecule has 24 heavy (non-hydrogen) atoms. The Balaban J connectivity index is 2.35. The van der Waals surface area contributed by atoms with Gasteiger partial charge in [-0.15, -0.1) is 0 Å². The quantitative estimate of drug-likeness (QED) is 0.436. The highest BCUT2D eigenvalue weighted by Gasteiger charge is 2.24. The number of oxime groups is 1. The van der Waals surface area contributed by atoms with Gasteiger partial charge in [-0.1, -0.05) is 17.2 Å². The lowest BCUT2D eigenvalue weighted by Gasteiger charge is -2.08. The topological polar surface area (TPSA) is 96.7 Å². The number of phenolic OH excluding ortho intramolecular Hbond substituents is 1. The number of phenols is 1. The minimum atomic E-state index is 0.178. The van der Waals surface area contributed by atoms with Crippen LogP contribution in [0.3, 0.4) is 0 Å². The standard InChI is InChI=1S/C17H18N4O3/c1-4-15-14(9-18-23)17(16-10(2)20-24-11(16)3)21(19-15)12-5-7-13(22)8-6-12/h5-9,22-23H,4H2,1-3H3. The summed E-state index contributed by atoms with van der Waals surface area (Å²) in [4.78, 5) is 0. The van der Waals surface area contributed by atoms with Gasteiger partial charge in [-0.2, -0.15) is 5.10 Å². The molecule has 0 amide bonds. The highest BCUT2D eigenvalue weighted by atomic mass is 16.5. The number of benzene rings is 1. The van der Waals surface area contributed by atoms with E-state index in [9.17, 15) is 5.11 Å². The van der Waals surface area contributed by atoms with Gasteiger partial charge in [0.25, 0.3) is 0 Å². The number of nitrogens with zero attached hydrogens (tertiary/aromatic N) is 4. The van der Waals surface area contributed by atoms with Gasteiger partial charge in [0, 0.05) is 5.56 Å². The smallest absolute Gasteiger partial charge is 0.143 e. The van der Waals surface area contributed by atoms with Crippen LogP contribution in [0, 0.1) is 13.8 Å². The Labute approximate surface area is 138 Å². The molecule has 2 N–H and O–H groups in total. The number of aromatic nitrogens is 3. The Morgan fingerprint density at radius 3 is 2.50 bits per heavy atom. The second kappa shape index (κ2) is 6.19. The first-order chi connectivity index (χ1) is 11.6. The van der Waals surface area contributed by atoms with E-state index in [2.05, 4.69) is 15.4 Å². The Kier molecular flexibility index (Phi) is 4.07. The maximum atomic E-state index is 9.53. The minimum absolute atomic E-state index is 0.178. The van der Waals surface area contributed by atoms with Gasteiger partial charge in [-0.05, 0) is 44.5 Å². The van der Waals surface area contributed by atoms with E-state index < -0.39 is 0 Å². The van der Waals surface area contributed by atoms with Gasteiger partial charge in [0.1, 0.15) is 11.5 Å². The normalized spacial score (nSPS) is 11.5. The first-order valence-electron chi connectivity index (χ1n) is 7.58. The number of rotatable bonds is 4. The van der Waals surface area contributed by atoms with Crippen LogP contribution >= 0.6 is 0 Å². The van der Waals surface area contributed by atoms with Gasteiger partial charge in [0.2, 0.25) is 0 Å². The van der Waals surface area contributed by atoms with Crippen molar-refractivity contribution in [2.75, 3.05) is 0 Å². The third kappa shape index (κ3) is 2.54. The van der Waals surface area contributed by atoms with Crippen molar-refractivity contribution in [1.29, 1.82) is 0 Å². The Hall–Kier alpha value is -3.09. The molecule has 3 aromatic rings. The molecule has 0 saturated heterocycles. The second-order valence-electron chi connectivity index (χ2n) is 5.43. The lowest BCUT2D eigenvalue weighted by Crippen LogP contribution is -2.01. The van der Waals surface area contributed by atoms with E-state index in [0.717, 1.165) is 28.3 Å². The molecule has 124 valence electrons. The van der Waals surface area contributed by atoms with Crippen LogP contribution in [0.4, 0.5) is 0 Å². The average Bonchev–Trinajstić information content (AvgIpc) is 3.08. The van der Waals surface area contributed by atoms with Crippen molar-refractivity contribution in [3.63, 3.8) is 0 Å². The third-order valence-corrected chi connectivity index (χ3v) is 3.88. The Bertz CT molecular complexity index is 872. The number of hydrogen-bond donors (Lipinski definition) is 2. The monoisotopic (exact) mass is 326 g/mol. The lowest BCUT2D eigenvalue weighted by molar-refractivity contribution is 0.322. The van der Waals surface area contributed by atoms with Crippen molar-refractivity contribution in [3.05, 3.63) is 47.0 Å². The first kappa shape index (κ1) is 15.8. The van der Waals surface area contributed by atoms with Crippen molar-refractivity contribution < 1.29 is 14.8 Å². The number of aromatic hydroxyl groups is 1. The summed E-state index contributed by atoms with van der Waals surface area (Å²) in [5, 5.41) is 30.5. The van der Waals surface area contributed by atoms with Gasteiger partial charge >= 0.3 is 0 Å². The maximum Gasteiger partial charge on any atom is 0.143 e. The van der Waals surface area contributed by atoms with Crippen molar-refractivity contribution in [2.24, 2.45) is 5.16 Å². The van der Waals surface area contributed by atoms with Gasteiger partial charge in [-0.25, -0.2) is 4.68 Å². The molecule has 0 radical (unpaired) electrons. The van der Waals surface area contributed by atoms with E-state index in [1.165, 1.54) is 6.21 Å². The molecule has 0 aliphatic rings. The molecule has 0 unspecified atom stereocenters. The Morgan fingerprint density at radius 1 is 1.25 bits per heavy atom. The molecule has 7 nitrogen and oxygen atoms in total. The first-order valence-corrected chi connectivity index (χ1v) is 7.58. The molecule has 1 aromatic carbocycles. The molecule has 0 aliphatic carbocycles. The summed E-state index contributed by atoms with van der Waals surface area (Å²) >= 11 is 0. The van der Waals surface area contributed by atoms with Crippen LogP contribution in [0.25, 0.3) is 16.9 Å². The zero-order chi connectivity index (χ0) is 17.3. The summed E-state index contributed by atoms with van der Waals surface area (Å²) in [7, 11) is 0. The predicted octanol–water partition coefficient (Wildman–Crippen LogP) is 3.22. The zero-order valence-electron chi connectivity index (χ0n) is 13.7. The van der Waals surface area contributed by atoms with Crippen LogP contribution in [0.1, 0.15) is 29.6 Å². The molecule has 0 saturated carbocycles. The summed E-state index contributed by atoms with van der Waals surface area (Å²) in [6.07, 6.45) is 2.05. The molecule has 2 aromatic heterocycles. The van der Waals surface area contributed by atoms with E-state index in [1.807, 2.05) is 20.8 Å². The van der Waals surface area contributed by atoms with Crippen LogP contribution in [0.5, 0.6) is 5.75 Å². The van der Waals surface area contributed by atoms with Crippen LogP contribution in [0.2, 0.25) is 0 Å².